The lowest BCUT2D eigenvalue weighted by molar-refractivity contribution is -0.176. The summed E-state index contributed by atoms with van der Waals surface area (Å²) in [5.74, 6) is -0.825. The fraction of sp³-hybridized carbons (Fsp3) is 0.800. The average Bonchev–Trinajstić information content (AvgIpc) is 2.30. The number of hydrogen-bond acceptors (Lipinski definition) is 4. The van der Waals surface area contributed by atoms with E-state index < -0.39 is 17.0 Å². The molecule has 0 amide bonds. The van der Waals surface area contributed by atoms with Gasteiger partial charge in [-0.2, -0.15) is 0 Å². The van der Waals surface area contributed by atoms with Crippen LogP contribution in [0.2, 0.25) is 0 Å². The van der Waals surface area contributed by atoms with Gasteiger partial charge in [-0.3, -0.25) is 4.79 Å². The molecule has 1 saturated heterocycles. The summed E-state index contributed by atoms with van der Waals surface area (Å²) < 4.78 is 9.93. The summed E-state index contributed by atoms with van der Waals surface area (Å²) in [7, 11) is 0. The molecule has 1 aliphatic heterocycles. The quantitative estimate of drug-likeness (QED) is 0.598. The van der Waals surface area contributed by atoms with Gasteiger partial charge >= 0.3 is 11.9 Å². The monoisotopic (exact) mass is 200 g/mol. The molecule has 0 aromatic heterocycles. The molecule has 1 unspecified atom stereocenters. The predicted octanol–water partition coefficient (Wildman–Crippen LogP) is 1.28. The molecule has 0 aliphatic carbocycles. The number of carbonyl (C=O) groups is 2. The smallest absolute Gasteiger partial charge is 0.350 e. The maximum Gasteiger partial charge on any atom is 0.350 e. The molecule has 4 heteroatoms. The summed E-state index contributed by atoms with van der Waals surface area (Å²) in [5.41, 5.74) is -1.67. The van der Waals surface area contributed by atoms with Gasteiger partial charge in [0.05, 0.1) is 12.0 Å². The lowest BCUT2D eigenvalue weighted by Gasteiger charge is -2.25. The van der Waals surface area contributed by atoms with E-state index in [9.17, 15) is 9.59 Å². The van der Waals surface area contributed by atoms with Crippen LogP contribution < -0.4 is 0 Å². The Balaban J connectivity index is 2.69. The SMILES string of the molecule is CC(C)(C)C(=O)OC1(C)CCOC1=O. The van der Waals surface area contributed by atoms with E-state index in [1.165, 1.54) is 0 Å². The fourth-order valence-electron chi connectivity index (χ4n) is 1.04. The van der Waals surface area contributed by atoms with Crippen molar-refractivity contribution in [2.45, 2.75) is 39.7 Å². The van der Waals surface area contributed by atoms with Crippen molar-refractivity contribution in [2.24, 2.45) is 5.41 Å². The van der Waals surface area contributed by atoms with Crippen molar-refractivity contribution < 1.29 is 19.1 Å². The van der Waals surface area contributed by atoms with E-state index in [4.69, 9.17) is 9.47 Å². The van der Waals surface area contributed by atoms with Crippen LogP contribution in [0.5, 0.6) is 0 Å². The number of hydrogen-bond donors (Lipinski definition) is 0. The summed E-state index contributed by atoms with van der Waals surface area (Å²) in [5, 5.41) is 0. The lowest BCUT2D eigenvalue weighted by atomic mass is 9.96. The first-order chi connectivity index (χ1) is 6.26. The van der Waals surface area contributed by atoms with Crippen LogP contribution in [-0.4, -0.2) is 24.1 Å². The van der Waals surface area contributed by atoms with Gasteiger partial charge in [-0.05, 0) is 27.7 Å². The Morgan fingerprint density at radius 1 is 1.50 bits per heavy atom. The fourth-order valence-corrected chi connectivity index (χ4v) is 1.04. The normalized spacial score (nSPS) is 27.3. The summed E-state index contributed by atoms with van der Waals surface area (Å²) >= 11 is 0. The molecular weight excluding hydrogens is 184 g/mol. The van der Waals surface area contributed by atoms with Crippen LogP contribution in [0.15, 0.2) is 0 Å². The highest BCUT2D eigenvalue weighted by atomic mass is 16.6. The number of rotatable bonds is 1. The van der Waals surface area contributed by atoms with Gasteiger partial charge in [-0.25, -0.2) is 4.79 Å². The van der Waals surface area contributed by atoms with E-state index in [-0.39, 0.29) is 5.97 Å². The van der Waals surface area contributed by atoms with Crippen LogP contribution in [0.4, 0.5) is 0 Å². The highest BCUT2D eigenvalue weighted by molar-refractivity contribution is 5.85. The van der Waals surface area contributed by atoms with Gasteiger partial charge < -0.3 is 9.47 Å². The number of carbonyl (C=O) groups excluding carboxylic acids is 2. The molecule has 1 rings (SSSR count). The highest BCUT2D eigenvalue weighted by Gasteiger charge is 2.45. The second-order valence-corrected chi connectivity index (χ2v) is 4.76. The topological polar surface area (TPSA) is 52.6 Å². The van der Waals surface area contributed by atoms with E-state index in [0.29, 0.717) is 13.0 Å². The van der Waals surface area contributed by atoms with Gasteiger partial charge in [-0.1, -0.05) is 0 Å². The van der Waals surface area contributed by atoms with Crippen molar-refractivity contribution in [3.8, 4) is 0 Å². The van der Waals surface area contributed by atoms with Crippen molar-refractivity contribution in [1.82, 2.24) is 0 Å². The standard InChI is InChI=1S/C10H16O4/c1-9(2,3)7(11)14-10(4)5-6-13-8(10)12/h5-6H2,1-4H3. The highest BCUT2D eigenvalue weighted by Crippen LogP contribution is 2.27. The molecular formula is C10H16O4. The Morgan fingerprint density at radius 3 is 2.43 bits per heavy atom. The zero-order chi connectivity index (χ0) is 11.0. The Morgan fingerprint density at radius 2 is 2.07 bits per heavy atom. The third kappa shape index (κ3) is 2.05. The van der Waals surface area contributed by atoms with Crippen LogP contribution >= 0.6 is 0 Å². The van der Waals surface area contributed by atoms with Gasteiger partial charge in [0, 0.05) is 6.42 Å². The van der Waals surface area contributed by atoms with E-state index in [0.717, 1.165) is 0 Å². The van der Waals surface area contributed by atoms with Gasteiger partial charge in [-0.15, -0.1) is 0 Å². The van der Waals surface area contributed by atoms with Crippen molar-refractivity contribution in [1.29, 1.82) is 0 Å². The zero-order valence-corrected chi connectivity index (χ0v) is 9.05. The van der Waals surface area contributed by atoms with Crippen LogP contribution in [0.1, 0.15) is 34.1 Å². The Kier molecular flexibility index (Phi) is 2.56. The number of cyclic esters (lactones) is 1. The first-order valence-corrected chi connectivity index (χ1v) is 4.66. The van der Waals surface area contributed by atoms with Crippen LogP contribution in [0.3, 0.4) is 0 Å². The molecule has 80 valence electrons. The second-order valence-electron chi connectivity index (χ2n) is 4.76. The van der Waals surface area contributed by atoms with Gasteiger partial charge in [0.25, 0.3) is 0 Å². The van der Waals surface area contributed by atoms with Crippen LogP contribution in [-0.2, 0) is 19.1 Å². The van der Waals surface area contributed by atoms with E-state index >= 15 is 0 Å². The average molecular weight is 200 g/mol. The van der Waals surface area contributed by atoms with Gasteiger partial charge in [0.15, 0.2) is 0 Å². The van der Waals surface area contributed by atoms with Crippen LogP contribution in [0.25, 0.3) is 0 Å². The third-order valence-corrected chi connectivity index (χ3v) is 2.17. The summed E-state index contributed by atoms with van der Waals surface area (Å²) in [6, 6.07) is 0. The molecule has 0 bridgehead atoms. The maximum atomic E-state index is 11.5. The Labute approximate surface area is 83.6 Å². The van der Waals surface area contributed by atoms with E-state index in [1.807, 2.05) is 0 Å². The maximum absolute atomic E-state index is 11.5. The largest absolute Gasteiger partial charge is 0.463 e. The van der Waals surface area contributed by atoms with E-state index in [1.54, 1.807) is 27.7 Å². The molecule has 0 aromatic rings. The molecule has 0 aromatic carbocycles. The Bertz CT molecular complexity index is 264. The van der Waals surface area contributed by atoms with Crippen LogP contribution in [0, 0.1) is 5.41 Å². The first kappa shape index (κ1) is 11.0. The molecule has 14 heavy (non-hydrogen) atoms. The minimum absolute atomic E-state index is 0.326. The van der Waals surface area contributed by atoms with Crippen molar-refractivity contribution >= 4 is 11.9 Å². The molecule has 1 atom stereocenters. The molecule has 0 radical (unpaired) electrons. The molecule has 0 N–H and O–H groups in total. The minimum atomic E-state index is -1.08. The predicted molar refractivity (Wildman–Crippen MR) is 49.5 cm³/mol. The Hall–Kier alpha value is -1.06. The van der Waals surface area contributed by atoms with Crippen molar-refractivity contribution in [3.05, 3.63) is 0 Å². The van der Waals surface area contributed by atoms with E-state index in [2.05, 4.69) is 0 Å². The molecule has 1 aliphatic rings. The lowest BCUT2D eigenvalue weighted by Crippen LogP contribution is -2.40. The van der Waals surface area contributed by atoms with Gasteiger partial charge in [0.1, 0.15) is 0 Å². The molecule has 0 spiro atoms. The zero-order valence-electron chi connectivity index (χ0n) is 9.05. The first-order valence-electron chi connectivity index (χ1n) is 4.66. The summed E-state index contributed by atoms with van der Waals surface area (Å²) in [4.78, 5) is 22.8. The van der Waals surface area contributed by atoms with Crippen molar-refractivity contribution in [3.63, 3.8) is 0 Å². The molecule has 1 heterocycles. The third-order valence-electron chi connectivity index (χ3n) is 2.17. The number of esters is 2. The minimum Gasteiger partial charge on any atom is -0.463 e. The van der Waals surface area contributed by atoms with Crippen molar-refractivity contribution in [2.75, 3.05) is 6.61 Å². The summed E-state index contributed by atoms with van der Waals surface area (Å²) in [6.07, 6.45) is 0.438. The summed E-state index contributed by atoms with van der Waals surface area (Å²) in [6.45, 7) is 7.16. The number of ether oxygens (including phenoxy) is 2. The van der Waals surface area contributed by atoms with Gasteiger partial charge in [0.2, 0.25) is 5.60 Å². The molecule has 4 nitrogen and oxygen atoms in total. The second kappa shape index (κ2) is 3.26. The molecule has 0 saturated carbocycles. The molecule has 1 fully saturated rings.